The number of rotatable bonds is 5. The third-order valence-electron chi connectivity index (χ3n) is 6.29. The minimum atomic E-state index is -0.550. The Balaban J connectivity index is 1.49. The van der Waals surface area contributed by atoms with Gasteiger partial charge in [0.2, 0.25) is 5.91 Å². The fraction of sp³-hybridized carbons (Fsp3) is 0.200. The second kappa shape index (κ2) is 6.96. The van der Waals surface area contributed by atoms with E-state index < -0.39 is 5.41 Å². The summed E-state index contributed by atoms with van der Waals surface area (Å²) in [4.78, 5) is 18.1. The first-order valence-corrected chi connectivity index (χ1v) is 10.8. The number of anilines is 1. The Hall–Kier alpha value is -3.18. The first-order valence-electron chi connectivity index (χ1n) is 9.94. The van der Waals surface area contributed by atoms with E-state index in [1.807, 2.05) is 54.6 Å². The average molecular weight is 415 g/mol. The molecule has 0 aliphatic heterocycles. The largest absolute Gasteiger partial charge is 0.497 e. The molecule has 4 aromatic rings. The van der Waals surface area contributed by atoms with E-state index in [1.54, 1.807) is 7.11 Å². The number of carbonyl (C=O) groups excluding carboxylic acids is 1. The van der Waals surface area contributed by atoms with Gasteiger partial charge in [-0.05, 0) is 42.7 Å². The maximum absolute atomic E-state index is 13.5. The maximum Gasteiger partial charge on any atom is 0.233 e. The van der Waals surface area contributed by atoms with Crippen LogP contribution in [0.25, 0.3) is 10.2 Å². The van der Waals surface area contributed by atoms with Crippen LogP contribution in [0.15, 0.2) is 78.9 Å². The zero-order valence-electron chi connectivity index (χ0n) is 16.9. The molecule has 150 valence electrons. The molecule has 1 amide bonds. The van der Waals surface area contributed by atoms with Crippen LogP contribution < -0.4 is 10.1 Å². The van der Waals surface area contributed by atoms with Crippen LogP contribution in [-0.4, -0.2) is 18.0 Å². The van der Waals surface area contributed by atoms with Crippen molar-refractivity contribution in [3.8, 4) is 5.75 Å². The molecule has 1 atom stereocenters. The van der Waals surface area contributed by atoms with Crippen molar-refractivity contribution in [2.75, 3.05) is 12.4 Å². The molecule has 5 heteroatoms. The van der Waals surface area contributed by atoms with Crippen LogP contribution in [0.1, 0.15) is 24.5 Å². The highest BCUT2D eigenvalue weighted by molar-refractivity contribution is 7.22. The molecule has 1 aliphatic carbocycles. The average Bonchev–Trinajstić information content (AvgIpc) is 3.26. The fourth-order valence-electron chi connectivity index (χ4n) is 4.53. The molecule has 30 heavy (non-hydrogen) atoms. The van der Waals surface area contributed by atoms with Crippen molar-refractivity contribution < 1.29 is 9.53 Å². The van der Waals surface area contributed by atoms with Gasteiger partial charge in [-0.15, -0.1) is 0 Å². The van der Waals surface area contributed by atoms with Gasteiger partial charge in [-0.3, -0.25) is 4.79 Å². The Labute approximate surface area is 179 Å². The Morgan fingerprint density at radius 2 is 1.63 bits per heavy atom. The number of aromatic nitrogens is 1. The summed E-state index contributed by atoms with van der Waals surface area (Å²) in [5.41, 5.74) is 2.31. The van der Waals surface area contributed by atoms with Gasteiger partial charge < -0.3 is 10.1 Å². The summed E-state index contributed by atoms with van der Waals surface area (Å²) in [7, 11) is 1.64. The lowest BCUT2D eigenvalue weighted by molar-refractivity contribution is -0.121. The predicted octanol–water partition coefficient (Wildman–Crippen LogP) is 5.64. The maximum atomic E-state index is 13.5. The summed E-state index contributed by atoms with van der Waals surface area (Å²) < 4.78 is 6.28. The van der Waals surface area contributed by atoms with Gasteiger partial charge in [0.1, 0.15) is 5.75 Å². The predicted molar refractivity (Wildman–Crippen MR) is 121 cm³/mol. The molecule has 1 N–H and O–H groups in total. The van der Waals surface area contributed by atoms with Crippen molar-refractivity contribution in [2.24, 2.45) is 5.41 Å². The fourth-order valence-corrected chi connectivity index (χ4v) is 5.42. The zero-order chi connectivity index (χ0) is 20.8. The highest BCUT2D eigenvalue weighted by Gasteiger charge is 2.70. The van der Waals surface area contributed by atoms with Gasteiger partial charge in [0.15, 0.2) is 5.13 Å². The number of hydrogen-bond acceptors (Lipinski definition) is 4. The number of thiazole rings is 1. The lowest BCUT2D eigenvalue weighted by Crippen LogP contribution is -2.30. The van der Waals surface area contributed by atoms with Crippen molar-refractivity contribution in [2.45, 2.75) is 18.8 Å². The third-order valence-corrected chi connectivity index (χ3v) is 7.22. The second-order valence-electron chi connectivity index (χ2n) is 7.95. The summed E-state index contributed by atoms with van der Waals surface area (Å²) in [6, 6.07) is 26.4. The first-order chi connectivity index (χ1) is 14.6. The van der Waals surface area contributed by atoms with E-state index in [9.17, 15) is 4.79 Å². The molecule has 1 fully saturated rings. The lowest BCUT2D eigenvalue weighted by Gasteiger charge is -2.23. The van der Waals surface area contributed by atoms with Crippen molar-refractivity contribution in [3.05, 3.63) is 90.0 Å². The minimum absolute atomic E-state index is 0.00114. The first kappa shape index (κ1) is 18.8. The minimum Gasteiger partial charge on any atom is -0.497 e. The van der Waals surface area contributed by atoms with Gasteiger partial charge in [0, 0.05) is 5.41 Å². The van der Waals surface area contributed by atoms with Gasteiger partial charge in [-0.1, -0.05) is 72.0 Å². The topological polar surface area (TPSA) is 51.2 Å². The molecule has 0 bridgehead atoms. The SMILES string of the molecule is COc1ccc2nc(NC(=O)C3(C)CC3(c3ccccc3)c3ccccc3)sc2c1. The number of nitrogens with zero attached hydrogens (tertiary/aromatic N) is 1. The highest BCUT2D eigenvalue weighted by Crippen LogP contribution is 2.68. The van der Waals surface area contributed by atoms with Gasteiger partial charge in [-0.25, -0.2) is 4.98 Å². The molecule has 1 heterocycles. The van der Waals surface area contributed by atoms with E-state index in [0.29, 0.717) is 5.13 Å². The molecular formula is C25H22N2O2S. The number of carbonyl (C=O) groups is 1. The summed E-state index contributed by atoms with van der Waals surface area (Å²) in [5.74, 6) is 0.784. The Morgan fingerprint density at radius 3 is 2.23 bits per heavy atom. The van der Waals surface area contributed by atoms with Crippen LogP contribution in [0.4, 0.5) is 5.13 Å². The molecule has 5 rings (SSSR count). The van der Waals surface area contributed by atoms with Crippen LogP contribution in [0, 0.1) is 5.41 Å². The van der Waals surface area contributed by atoms with E-state index in [0.717, 1.165) is 22.4 Å². The van der Waals surface area contributed by atoms with E-state index in [1.165, 1.54) is 22.5 Å². The standard InChI is InChI=1S/C25H22N2O2S/c1-24(22(28)27-23-26-20-14-13-19(29-2)15-21(20)30-23)16-25(24,17-9-5-3-6-10-17)18-11-7-4-8-12-18/h3-15H,16H2,1-2H3,(H,26,27,28). The summed E-state index contributed by atoms with van der Waals surface area (Å²) in [6.07, 6.45) is 0.762. The number of fused-ring (bicyclic) bond motifs is 1. The van der Waals surface area contributed by atoms with Gasteiger partial charge in [0.25, 0.3) is 0 Å². The van der Waals surface area contributed by atoms with Crippen LogP contribution in [0.2, 0.25) is 0 Å². The second-order valence-corrected chi connectivity index (χ2v) is 8.98. The summed E-state index contributed by atoms with van der Waals surface area (Å²) in [6.45, 7) is 2.05. The molecule has 0 saturated heterocycles. The number of benzene rings is 3. The van der Waals surface area contributed by atoms with Gasteiger partial charge in [-0.2, -0.15) is 0 Å². The van der Waals surface area contributed by atoms with E-state index in [-0.39, 0.29) is 11.3 Å². The summed E-state index contributed by atoms with van der Waals surface area (Å²) >= 11 is 1.47. The monoisotopic (exact) mass is 414 g/mol. The molecule has 1 unspecified atom stereocenters. The lowest BCUT2D eigenvalue weighted by atomic mass is 9.80. The molecule has 1 aromatic heterocycles. The molecule has 4 nitrogen and oxygen atoms in total. The zero-order valence-corrected chi connectivity index (χ0v) is 17.7. The Bertz CT molecular complexity index is 1180. The molecule has 3 aromatic carbocycles. The number of hydrogen-bond donors (Lipinski definition) is 1. The van der Waals surface area contributed by atoms with E-state index in [4.69, 9.17) is 4.74 Å². The number of ether oxygens (including phenoxy) is 1. The van der Waals surface area contributed by atoms with Gasteiger partial charge in [0.05, 0.1) is 22.7 Å². The van der Waals surface area contributed by atoms with Crippen molar-refractivity contribution in [1.82, 2.24) is 4.98 Å². The highest BCUT2D eigenvalue weighted by atomic mass is 32.1. The molecule has 1 saturated carbocycles. The van der Waals surface area contributed by atoms with Crippen molar-refractivity contribution >= 4 is 32.6 Å². The van der Waals surface area contributed by atoms with Crippen LogP contribution in [0.3, 0.4) is 0 Å². The van der Waals surface area contributed by atoms with Crippen LogP contribution in [0.5, 0.6) is 5.75 Å². The normalized spacial score (nSPS) is 19.4. The third kappa shape index (κ3) is 2.81. The Morgan fingerprint density at radius 1 is 1.00 bits per heavy atom. The molecule has 0 radical (unpaired) electrons. The van der Waals surface area contributed by atoms with Crippen LogP contribution in [-0.2, 0) is 10.2 Å². The quantitative estimate of drug-likeness (QED) is 0.460. The molecular weight excluding hydrogens is 392 g/mol. The molecule has 1 aliphatic rings. The van der Waals surface area contributed by atoms with Gasteiger partial charge >= 0.3 is 0 Å². The molecule has 0 spiro atoms. The summed E-state index contributed by atoms with van der Waals surface area (Å²) in [5, 5.41) is 3.71. The number of nitrogens with one attached hydrogen (secondary N) is 1. The smallest absolute Gasteiger partial charge is 0.233 e. The van der Waals surface area contributed by atoms with E-state index >= 15 is 0 Å². The number of amides is 1. The Kier molecular flexibility index (Phi) is 4.36. The van der Waals surface area contributed by atoms with Crippen molar-refractivity contribution in [1.29, 1.82) is 0 Å². The van der Waals surface area contributed by atoms with Crippen molar-refractivity contribution in [3.63, 3.8) is 0 Å². The number of methoxy groups -OCH3 is 1. The van der Waals surface area contributed by atoms with Crippen LogP contribution >= 0.6 is 11.3 Å². The van der Waals surface area contributed by atoms with E-state index in [2.05, 4.69) is 41.5 Å².